The molecule has 6 heterocycles. The Labute approximate surface area is 338 Å². The molecule has 58 heavy (non-hydrogen) atoms. The number of ether oxygens (including phenoxy) is 4. The van der Waals surface area contributed by atoms with E-state index in [-0.39, 0.29) is 70.5 Å². The van der Waals surface area contributed by atoms with Crippen molar-refractivity contribution >= 4 is 55.3 Å². The highest BCUT2D eigenvalue weighted by molar-refractivity contribution is 7.23. The van der Waals surface area contributed by atoms with Crippen molar-refractivity contribution in [3.05, 3.63) is 40.5 Å². The monoisotopic (exact) mass is 821 g/mol. The number of likely N-dealkylation sites (tertiary alicyclic amines) is 2. The van der Waals surface area contributed by atoms with E-state index in [4.69, 9.17) is 23.9 Å². The number of piperazine rings is 1. The molecule has 0 saturated carbocycles. The Morgan fingerprint density at radius 1 is 0.966 bits per heavy atom. The van der Waals surface area contributed by atoms with Crippen LogP contribution >= 0.6 is 11.3 Å². The normalized spacial score (nSPS) is 20.8. The van der Waals surface area contributed by atoms with E-state index >= 15 is 8.78 Å². The first kappa shape index (κ1) is 39.9. The van der Waals surface area contributed by atoms with E-state index < -0.39 is 41.2 Å². The number of alkyl halides is 1. The maximum absolute atomic E-state index is 17.8. The molecular weight excluding hydrogens is 776 g/mol. The van der Waals surface area contributed by atoms with Crippen molar-refractivity contribution in [3.8, 4) is 23.2 Å². The average Bonchev–Trinajstić information content (AvgIpc) is 3.92. The summed E-state index contributed by atoms with van der Waals surface area (Å²) in [5.41, 5.74) is -0.957. The third-order valence-electron chi connectivity index (χ3n) is 10.8. The van der Waals surface area contributed by atoms with Gasteiger partial charge in [-0.2, -0.15) is 15.2 Å². The number of amides is 2. The van der Waals surface area contributed by atoms with Crippen molar-refractivity contribution in [1.82, 2.24) is 19.8 Å². The number of hydrogen-bond acceptors (Lipinski definition) is 12. The number of halogens is 3. The predicted octanol–water partition coefficient (Wildman–Crippen LogP) is 8.05. The van der Waals surface area contributed by atoms with Crippen LogP contribution in [0, 0.1) is 23.0 Å². The van der Waals surface area contributed by atoms with Crippen molar-refractivity contribution < 1.29 is 41.7 Å². The molecule has 3 fully saturated rings. The fraction of sp³-hybridized carbons (Fsp3) is 0.537. The van der Waals surface area contributed by atoms with E-state index in [9.17, 15) is 19.2 Å². The van der Waals surface area contributed by atoms with E-state index in [2.05, 4.69) is 21.3 Å². The maximum atomic E-state index is 17.8. The second kappa shape index (κ2) is 15.0. The Kier molecular flexibility index (Phi) is 10.3. The first-order valence-electron chi connectivity index (χ1n) is 19.5. The van der Waals surface area contributed by atoms with Gasteiger partial charge in [-0.15, -0.1) is 11.3 Å². The van der Waals surface area contributed by atoms with Gasteiger partial charge in [-0.05, 0) is 84.1 Å². The molecule has 4 aliphatic heterocycles. The van der Waals surface area contributed by atoms with Crippen LogP contribution in [0.25, 0.3) is 32.1 Å². The number of fused-ring (bicyclic) bond motifs is 6. The molecule has 3 unspecified atom stereocenters. The highest BCUT2D eigenvalue weighted by Gasteiger charge is 2.45. The number of aromatic nitrogens is 2. The number of anilines is 2. The van der Waals surface area contributed by atoms with Gasteiger partial charge in [0, 0.05) is 66.0 Å². The number of carbonyl (C=O) groups is 2. The molecule has 2 bridgehead atoms. The summed E-state index contributed by atoms with van der Waals surface area (Å²) in [5.74, 6) is -1.21. The maximum Gasteiger partial charge on any atom is 0.412 e. The fourth-order valence-electron chi connectivity index (χ4n) is 8.48. The smallest absolute Gasteiger partial charge is 0.412 e. The van der Waals surface area contributed by atoms with Crippen LogP contribution in [0.15, 0.2) is 12.1 Å². The van der Waals surface area contributed by atoms with Gasteiger partial charge in [0.05, 0.1) is 24.2 Å². The van der Waals surface area contributed by atoms with Gasteiger partial charge < -0.3 is 28.7 Å². The second-order valence-corrected chi connectivity index (χ2v) is 18.3. The number of rotatable bonds is 7. The Morgan fingerprint density at radius 3 is 2.33 bits per heavy atom. The quantitative estimate of drug-likeness (QED) is 0.194. The van der Waals surface area contributed by atoms with Crippen molar-refractivity contribution in [1.29, 1.82) is 5.26 Å². The summed E-state index contributed by atoms with van der Waals surface area (Å²) in [6.07, 6.45) is -0.188. The number of hydrogen-bond donors (Lipinski definition) is 1. The van der Waals surface area contributed by atoms with Gasteiger partial charge in [-0.25, -0.2) is 22.8 Å². The molecule has 4 aromatic rings. The topological polar surface area (TPSA) is 142 Å². The van der Waals surface area contributed by atoms with Gasteiger partial charge in [0.15, 0.2) is 5.82 Å². The summed E-state index contributed by atoms with van der Waals surface area (Å²) in [7, 11) is 0. The van der Waals surface area contributed by atoms with Gasteiger partial charge in [0.1, 0.15) is 52.2 Å². The number of nitrogens with one attached hydrogen (secondary N) is 1. The Bertz CT molecular complexity index is 2340. The highest BCUT2D eigenvalue weighted by atomic mass is 32.1. The molecule has 3 saturated heterocycles. The number of carbonyl (C=O) groups excluding carboxylic acids is 2. The number of thiophene rings is 1. The van der Waals surface area contributed by atoms with Gasteiger partial charge in [0.2, 0.25) is 0 Å². The Hall–Kier alpha value is -4.92. The number of nitrogens with zero attached hydrogens (tertiary/aromatic N) is 6. The lowest BCUT2D eigenvalue weighted by atomic mass is 9.90. The molecule has 8 rings (SSSR count). The summed E-state index contributed by atoms with van der Waals surface area (Å²) in [6, 6.07) is 4.32. The molecule has 13 nitrogen and oxygen atoms in total. The molecule has 1 N–H and O–H groups in total. The van der Waals surface area contributed by atoms with Crippen LogP contribution in [0.3, 0.4) is 0 Å². The molecule has 308 valence electrons. The van der Waals surface area contributed by atoms with Crippen LogP contribution < -0.4 is 15.0 Å². The number of benzene rings is 2. The Balaban J connectivity index is 1.27. The lowest BCUT2D eigenvalue weighted by Gasteiger charge is -2.42. The molecule has 2 amide bonds. The third-order valence-corrected chi connectivity index (χ3v) is 11.8. The van der Waals surface area contributed by atoms with Gasteiger partial charge in [0.25, 0.3) is 0 Å². The molecule has 0 aliphatic carbocycles. The summed E-state index contributed by atoms with van der Waals surface area (Å²) < 4.78 is 71.8. The van der Waals surface area contributed by atoms with Gasteiger partial charge in [-0.3, -0.25) is 10.2 Å². The summed E-state index contributed by atoms with van der Waals surface area (Å²) in [5, 5.41) is 13.7. The SMILES string of the molecule is CC(C)(C)OC(=O)Nc1sc2ccc(F)c(-c3c4c(c5c(N6C7CCC6CN(C(=O)OC(C)(C)C)C7)nc(OCCN6CCC(F)C6)nc5c3F)COC4)c2c1C#N. The van der Waals surface area contributed by atoms with Gasteiger partial charge >= 0.3 is 18.2 Å². The number of nitriles is 1. The van der Waals surface area contributed by atoms with E-state index in [0.717, 1.165) is 24.2 Å². The van der Waals surface area contributed by atoms with Crippen LogP contribution in [-0.2, 0) is 27.4 Å². The molecule has 0 radical (unpaired) electrons. The van der Waals surface area contributed by atoms with E-state index in [1.165, 1.54) is 12.1 Å². The van der Waals surface area contributed by atoms with Crippen molar-refractivity contribution in [3.63, 3.8) is 0 Å². The lowest BCUT2D eigenvalue weighted by molar-refractivity contribution is 0.0209. The minimum absolute atomic E-state index is 0.0446. The summed E-state index contributed by atoms with van der Waals surface area (Å²) in [6.45, 7) is 12.7. The van der Waals surface area contributed by atoms with Crippen LogP contribution in [0.5, 0.6) is 6.01 Å². The highest BCUT2D eigenvalue weighted by Crippen LogP contribution is 2.49. The zero-order chi connectivity index (χ0) is 41.3. The largest absolute Gasteiger partial charge is 0.462 e. The fourth-order valence-corrected chi connectivity index (χ4v) is 9.53. The molecule has 17 heteroatoms. The average molecular weight is 822 g/mol. The van der Waals surface area contributed by atoms with Gasteiger partial charge in [-0.1, -0.05) is 0 Å². The van der Waals surface area contributed by atoms with Crippen LogP contribution in [0.1, 0.15) is 77.5 Å². The summed E-state index contributed by atoms with van der Waals surface area (Å²) >= 11 is 1.05. The third kappa shape index (κ3) is 7.57. The molecule has 4 aliphatic rings. The molecule has 3 atom stereocenters. The van der Waals surface area contributed by atoms with Crippen LogP contribution in [-0.4, -0.2) is 101 Å². The predicted molar refractivity (Wildman–Crippen MR) is 212 cm³/mol. The molecule has 2 aromatic carbocycles. The van der Waals surface area contributed by atoms with E-state index in [1.54, 1.807) is 25.7 Å². The van der Waals surface area contributed by atoms with Crippen molar-refractivity contribution in [2.24, 2.45) is 0 Å². The minimum Gasteiger partial charge on any atom is -0.462 e. The van der Waals surface area contributed by atoms with E-state index in [1.807, 2.05) is 25.7 Å². The van der Waals surface area contributed by atoms with Crippen molar-refractivity contribution in [2.45, 2.75) is 103 Å². The van der Waals surface area contributed by atoms with Crippen molar-refractivity contribution in [2.75, 3.05) is 49.5 Å². The zero-order valence-electron chi connectivity index (χ0n) is 33.3. The molecule has 0 spiro atoms. The minimum atomic E-state index is -0.908. The van der Waals surface area contributed by atoms with Crippen LogP contribution in [0.4, 0.5) is 33.6 Å². The summed E-state index contributed by atoms with van der Waals surface area (Å²) in [4.78, 5) is 41.3. The Morgan fingerprint density at radius 2 is 1.67 bits per heavy atom. The lowest BCUT2D eigenvalue weighted by Crippen LogP contribution is -2.56. The zero-order valence-corrected chi connectivity index (χ0v) is 34.2. The van der Waals surface area contributed by atoms with Crippen LogP contribution in [0.2, 0.25) is 0 Å². The molecular formula is C41H46F3N7O6S. The second-order valence-electron chi connectivity index (χ2n) is 17.2. The first-order valence-corrected chi connectivity index (χ1v) is 20.3. The van der Waals surface area contributed by atoms with E-state index in [0.29, 0.717) is 66.2 Å². The standard InChI is InChI=1S/C41H46F3N7O6S/c1-40(2,3)56-38(52)48-36-24(15-45)29-28(58-36)10-9-27(43)32(29)30-25-19-54-20-26(25)31-34(33(30)44)46-37(55-14-13-49-12-11-21(42)16-49)47-35(31)51-22-7-8-23(51)18-50(17-22)39(53)57-41(4,5)6/h9-10,21-23H,7-8,11-14,16-20H2,1-6H3,(H,48,52). The first-order chi connectivity index (χ1) is 27.5. The molecule has 2 aromatic heterocycles.